The van der Waals surface area contributed by atoms with Gasteiger partial charge in [0.2, 0.25) is 5.91 Å². The van der Waals surface area contributed by atoms with E-state index in [2.05, 4.69) is 5.32 Å². The molecule has 1 saturated heterocycles. The highest BCUT2D eigenvalue weighted by Crippen LogP contribution is 2.29. The van der Waals surface area contributed by atoms with E-state index in [1.54, 1.807) is 0 Å². The summed E-state index contributed by atoms with van der Waals surface area (Å²) in [7, 11) is 0. The van der Waals surface area contributed by atoms with Gasteiger partial charge in [-0.1, -0.05) is 0 Å². The van der Waals surface area contributed by atoms with E-state index in [0.717, 1.165) is 4.90 Å². The van der Waals surface area contributed by atoms with E-state index in [4.69, 9.17) is 0 Å². The Morgan fingerprint density at radius 3 is 2.18 bits per heavy atom. The van der Waals surface area contributed by atoms with Crippen LogP contribution in [-0.4, -0.2) is 67.0 Å². The number of thioether (sulfide) groups is 1. The van der Waals surface area contributed by atoms with Crippen LogP contribution in [0.5, 0.6) is 0 Å². The summed E-state index contributed by atoms with van der Waals surface area (Å²) < 4.78 is 74.4. The largest absolute Gasteiger partial charge is 0.442 e. The average molecular weight is 376 g/mol. The molecule has 0 spiro atoms. The lowest BCUT2D eigenvalue weighted by molar-refractivity contribution is -0.183. The normalized spacial score (nSPS) is 18.5. The fraction of sp³-hybridized carbons (Fsp3) is 0.900. The molecule has 0 radical (unpaired) electrons. The van der Waals surface area contributed by atoms with E-state index in [9.17, 15) is 31.1 Å². The van der Waals surface area contributed by atoms with Crippen molar-refractivity contribution in [3.05, 3.63) is 0 Å². The molecule has 1 fully saturated rings. The summed E-state index contributed by atoms with van der Waals surface area (Å²) in [5.41, 5.74) is -4.58. The first-order valence-corrected chi connectivity index (χ1v) is 7.07. The van der Waals surface area contributed by atoms with Gasteiger partial charge in [0.1, 0.15) is 6.04 Å². The van der Waals surface area contributed by atoms with E-state index < -0.39 is 47.7 Å². The monoisotopic (exact) mass is 375 g/mol. The summed E-state index contributed by atoms with van der Waals surface area (Å²) >= 11 is -0.580. The highest BCUT2D eigenvalue weighted by molar-refractivity contribution is 8.00. The van der Waals surface area contributed by atoms with Crippen molar-refractivity contribution >= 4 is 30.1 Å². The van der Waals surface area contributed by atoms with Gasteiger partial charge in [0.05, 0.1) is 5.75 Å². The predicted molar refractivity (Wildman–Crippen MR) is 73.1 cm³/mol. The van der Waals surface area contributed by atoms with Crippen molar-refractivity contribution in [1.82, 2.24) is 15.5 Å². The number of carbonyl (C=O) groups excluding carboxylic acids is 1. The number of alkyl halides is 6. The molecule has 4 nitrogen and oxygen atoms in total. The molecule has 1 rings (SSSR count). The van der Waals surface area contributed by atoms with Crippen molar-refractivity contribution in [2.75, 3.05) is 38.5 Å². The molecule has 0 aromatic rings. The van der Waals surface area contributed by atoms with Gasteiger partial charge in [-0.2, -0.15) is 26.3 Å². The van der Waals surface area contributed by atoms with Crippen LogP contribution in [0.25, 0.3) is 0 Å². The Bertz CT molecular complexity index is 349. The lowest BCUT2D eigenvalue weighted by Crippen LogP contribution is -2.57. The van der Waals surface area contributed by atoms with Crippen molar-refractivity contribution in [2.45, 2.75) is 17.7 Å². The van der Waals surface area contributed by atoms with Crippen molar-refractivity contribution in [2.24, 2.45) is 0 Å². The molecular formula is C10H16ClF6N3OS. The van der Waals surface area contributed by atoms with Gasteiger partial charge >= 0.3 is 11.7 Å². The Morgan fingerprint density at radius 2 is 1.73 bits per heavy atom. The number of piperazine rings is 1. The van der Waals surface area contributed by atoms with Crippen LogP contribution in [0.1, 0.15) is 0 Å². The Kier molecular flexibility index (Phi) is 8.88. The second kappa shape index (κ2) is 9.04. The number of nitrogens with one attached hydrogen (secondary N) is 2. The predicted octanol–water partition coefficient (Wildman–Crippen LogP) is 1.61. The minimum Gasteiger partial charge on any atom is -0.353 e. The average Bonchev–Trinajstić information content (AvgIpc) is 2.35. The van der Waals surface area contributed by atoms with Crippen molar-refractivity contribution in [3.63, 3.8) is 0 Å². The van der Waals surface area contributed by atoms with Crippen LogP contribution in [0, 0.1) is 0 Å². The van der Waals surface area contributed by atoms with Crippen molar-refractivity contribution in [1.29, 1.82) is 0 Å². The molecule has 0 saturated carbocycles. The fourth-order valence-electron chi connectivity index (χ4n) is 1.85. The van der Waals surface area contributed by atoms with E-state index in [0.29, 0.717) is 13.1 Å². The highest BCUT2D eigenvalue weighted by Gasteiger charge is 2.43. The van der Waals surface area contributed by atoms with Gasteiger partial charge in [0.15, 0.2) is 0 Å². The van der Waals surface area contributed by atoms with Gasteiger partial charge in [-0.05, 0) is 11.8 Å². The summed E-state index contributed by atoms with van der Waals surface area (Å²) in [5, 5.41) is 4.82. The van der Waals surface area contributed by atoms with Crippen LogP contribution >= 0.6 is 24.2 Å². The second-order valence-electron chi connectivity index (χ2n) is 4.38. The molecule has 1 aliphatic heterocycles. The van der Waals surface area contributed by atoms with Crippen LogP contribution in [0.2, 0.25) is 0 Å². The van der Waals surface area contributed by atoms with Crippen LogP contribution in [0.15, 0.2) is 0 Å². The first-order valence-electron chi connectivity index (χ1n) is 6.08. The van der Waals surface area contributed by atoms with Crippen LogP contribution in [0.3, 0.4) is 0 Å². The molecule has 12 heteroatoms. The van der Waals surface area contributed by atoms with Crippen molar-refractivity contribution < 1.29 is 31.1 Å². The molecule has 132 valence electrons. The van der Waals surface area contributed by atoms with Crippen LogP contribution in [0.4, 0.5) is 26.3 Å². The van der Waals surface area contributed by atoms with Crippen LogP contribution in [-0.2, 0) is 4.79 Å². The van der Waals surface area contributed by atoms with Crippen molar-refractivity contribution in [3.8, 4) is 0 Å². The number of carbonyl (C=O) groups is 1. The van der Waals surface area contributed by atoms with Gasteiger partial charge in [0.25, 0.3) is 0 Å². The minimum atomic E-state index is -4.58. The van der Waals surface area contributed by atoms with Gasteiger partial charge in [-0.15, -0.1) is 12.4 Å². The zero-order valence-corrected chi connectivity index (χ0v) is 12.9. The number of rotatable bonds is 5. The third-order valence-corrected chi connectivity index (χ3v) is 3.56. The summed E-state index contributed by atoms with van der Waals surface area (Å²) in [6.45, 7) is 0.365. The molecule has 0 aromatic heterocycles. The standard InChI is InChI=1S/C10H15F6N3OS.ClH/c11-9(12,13)7(19-3-1-17-2-4-19)5-18-8(20)6-21-10(14,15)16;/h7,17H,1-6H2,(H,18,20);1H. The van der Waals surface area contributed by atoms with Gasteiger partial charge in [-0.3, -0.25) is 9.69 Å². The molecule has 1 unspecified atom stereocenters. The van der Waals surface area contributed by atoms with Gasteiger partial charge in [-0.25, -0.2) is 0 Å². The number of hydrogen-bond donors (Lipinski definition) is 2. The molecule has 1 aliphatic rings. The maximum Gasteiger partial charge on any atom is 0.442 e. The molecule has 2 N–H and O–H groups in total. The van der Waals surface area contributed by atoms with E-state index in [1.807, 2.05) is 5.32 Å². The number of nitrogens with zero attached hydrogens (tertiary/aromatic N) is 1. The van der Waals surface area contributed by atoms with Gasteiger partial charge < -0.3 is 10.6 Å². The molecule has 1 heterocycles. The lowest BCUT2D eigenvalue weighted by atomic mass is 10.2. The van der Waals surface area contributed by atoms with E-state index in [1.165, 1.54) is 0 Å². The Morgan fingerprint density at radius 1 is 1.18 bits per heavy atom. The molecule has 0 bridgehead atoms. The first kappa shape index (κ1) is 21.6. The quantitative estimate of drug-likeness (QED) is 0.717. The minimum absolute atomic E-state index is 0. The molecule has 22 heavy (non-hydrogen) atoms. The molecule has 1 amide bonds. The SMILES string of the molecule is Cl.O=C(CSC(F)(F)F)NCC(N1CCNCC1)C(F)(F)F. The summed E-state index contributed by atoms with van der Waals surface area (Å²) in [5.74, 6) is -2.02. The summed E-state index contributed by atoms with van der Waals surface area (Å²) in [6, 6.07) is -1.89. The fourth-order valence-corrected chi connectivity index (χ4v) is 2.25. The van der Waals surface area contributed by atoms with Crippen LogP contribution < -0.4 is 10.6 Å². The molecule has 0 aliphatic carbocycles. The van der Waals surface area contributed by atoms with E-state index >= 15 is 0 Å². The summed E-state index contributed by atoms with van der Waals surface area (Å²) in [4.78, 5) is 12.3. The lowest BCUT2D eigenvalue weighted by Gasteiger charge is -2.35. The zero-order valence-electron chi connectivity index (χ0n) is 11.3. The number of amides is 1. The maximum atomic E-state index is 12.9. The zero-order chi connectivity index (χ0) is 16.1. The number of hydrogen-bond acceptors (Lipinski definition) is 4. The molecule has 0 aromatic carbocycles. The highest BCUT2D eigenvalue weighted by atomic mass is 35.5. The third-order valence-electron chi connectivity index (χ3n) is 2.83. The first-order chi connectivity index (χ1) is 9.59. The summed E-state index contributed by atoms with van der Waals surface area (Å²) in [6.07, 6.45) is -4.55. The third kappa shape index (κ3) is 8.30. The molecule has 1 atom stereocenters. The second-order valence-corrected chi connectivity index (χ2v) is 5.42. The van der Waals surface area contributed by atoms with E-state index in [-0.39, 0.29) is 25.5 Å². The Labute approximate surface area is 133 Å². The van der Waals surface area contributed by atoms with Gasteiger partial charge in [0, 0.05) is 32.7 Å². The maximum absolute atomic E-state index is 12.9. The topological polar surface area (TPSA) is 44.4 Å². The Balaban J connectivity index is 0.00000441. The smallest absolute Gasteiger partial charge is 0.353 e. The Hall–Kier alpha value is -0.390. The molecular weight excluding hydrogens is 360 g/mol. The number of halogens is 7.